The van der Waals surface area contributed by atoms with Crippen LogP contribution in [0.4, 0.5) is 0 Å². The van der Waals surface area contributed by atoms with Gasteiger partial charge < -0.3 is 5.32 Å². The first-order valence-corrected chi connectivity index (χ1v) is 8.28. The van der Waals surface area contributed by atoms with Crippen molar-refractivity contribution in [3.8, 4) is 0 Å². The van der Waals surface area contributed by atoms with Gasteiger partial charge >= 0.3 is 0 Å². The number of hydrogen-bond donors (Lipinski definition) is 1. The number of nitrogens with one attached hydrogen (secondary N) is 1. The van der Waals surface area contributed by atoms with Crippen LogP contribution in [0.3, 0.4) is 0 Å². The van der Waals surface area contributed by atoms with Crippen molar-refractivity contribution in [1.82, 2.24) is 10.3 Å². The van der Waals surface area contributed by atoms with Gasteiger partial charge in [0, 0.05) is 34.3 Å². The maximum absolute atomic E-state index is 4.53. The molecule has 2 aromatic heterocycles. The van der Waals surface area contributed by atoms with Crippen molar-refractivity contribution in [1.29, 1.82) is 0 Å². The lowest BCUT2D eigenvalue weighted by Crippen LogP contribution is -2.15. The second-order valence-corrected chi connectivity index (χ2v) is 7.15. The maximum atomic E-state index is 4.53. The van der Waals surface area contributed by atoms with Gasteiger partial charge in [-0.2, -0.15) is 0 Å². The molecule has 0 unspecified atom stereocenters. The standard InChI is InChI=1S/C15H20N2S2/c1-11-8-12(2)17-15(9-11)18-7-6-16-10-14-5-4-13(3)19-14/h4-5,8-9,16H,6-7,10H2,1-3H3. The van der Waals surface area contributed by atoms with Gasteiger partial charge in [0.15, 0.2) is 0 Å². The molecular formula is C15H20N2S2. The molecule has 4 heteroatoms. The zero-order chi connectivity index (χ0) is 13.7. The summed E-state index contributed by atoms with van der Waals surface area (Å²) in [6, 6.07) is 8.64. The molecule has 0 aliphatic carbocycles. The third-order valence-electron chi connectivity index (χ3n) is 2.70. The number of rotatable bonds is 6. The van der Waals surface area contributed by atoms with Crippen molar-refractivity contribution in [3.05, 3.63) is 45.3 Å². The lowest BCUT2D eigenvalue weighted by Gasteiger charge is -2.05. The maximum Gasteiger partial charge on any atom is 0.0966 e. The van der Waals surface area contributed by atoms with Gasteiger partial charge in [-0.3, -0.25) is 0 Å². The molecule has 0 amide bonds. The highest BCUT2D eigenvalue weighted by Gasteiger charge is 1.99. The molecule has 2 heterocycles. The minimum Gasteiger partial charge on any atom is -0.311 e. The summed E-state index contributed by atoms with van der Waals surface area (Å²) in [5.74, 6) is 1.06. The largest absolute Gasteiger partial charge is 0.311 e. The number of thiophene rings is 1. The molecule has 0 aliphatic heterocycles. The highest BCUT2D eigenvalue weighted by Crippen LogP contribution is 2.17. The molecule has 0 aromatic carbocycles. The fraction of sp³-hybridized carbons (Fsp3) is 0.400. The van der Waals surface area contributed by atoms with E-state index in [1.54, 1.807) is 0 Å². The van der Waals surface area contributed by atoms with E-state index in [9.17, 15) is 0 Å². The van der Waals surface area contributed by atoms with Crippen LogP contribution < -0.4 is 5.32 Å². The quantitative estimate of drug-likeness (QED) is 0.644. The van der Waals surface area contributed by atoms with E-state index in [1.807, 2.05) is 23.1 Å². The SMILES string of the molecule is Cc1cc(C)nc(SCCNCc2ccc(C)s2)c1. The number of aryl methyl sites for hydroxylation is 3. The minimum absolute atomic E-state index is 0.972. The fourth-order valence-electron chi connectivity index (χ4n) is 1.90. The van der Waals surface area contributed by atoms with Crippen molar-refractivity contribution in [3.63, 3.8) is 0 Å². The van der Waals surface area contributed by atoms with Crippen LogP contribution >= 0.6 is 23.1 Å². The molecule has 19 heavy (non-hydrogen) atoms. The molecule has 102 valence electrons. The summed E-state index contributed by atoms with van der Waals surface area (Å²) in [6.45, 7) is 8.30. The first-order chi connectivity index (χ1) is 9.13. The first-order valence-electron chi connectivity index (χ1n) is 6.47. The molecule has 0 radical (unpaired) electrons. The van der Waals surface area contributed by atoms with Crippen molar-refractivity contribution in [2.75, 3.05) is 12.3 Å². The fourth-order valence-corrected chi connectivity index (χ4v) is 3.69. The Labute approximate surface area is 123 Å². The lowest BCUT2D eigenvalue weighted by molar-refractivity contribution is 0.740. The average molecular weight is 292 g/mol. The van der Waals surface area contributed by atoms with Crippen LogP contribution in [0.15, 0.2) is 29.3 Å². The predicted molar refractivity (Wildman–Crippen MR) is 85.2 cm³/mol. The van der Waals surface area contributed by atoms with Gasteiger partial charge in [0.25, 0.3) is 0 Å². The molecule has 2 rings (SSSR count). The Balaban J connectivity index is 1.69. The van der Waals surface area contributed by atoms with Gasteiger partial charge in [-0.15, -0.1) is 23.1 Å². The third kappa shape index (κ3) is 4.97. The number of hydrogen-bond acceptors (Lipinski definition) is 4. The normalized spacial score (nSPS) is 10.9. The Hall–Kier alpha value is -0.840. The molecule has 0 aliphatic rings. The summed E-state index contributed by atoms with van der Waals surface area (Å²) < 4.78 is 0. The van der Waals surface area contributed by atoms with Crippen molar-refractivity contribution < 1.29 is 0 Å². The molecule has 0 saturated carbocycles. The predicted octanol–water partition coefficient (Wildman–Crippen LogP) is 3.95. The summed E-state index contributed by atoms with van der Waals surface area (Å²) in [4.78, 5) is 7.32. The molecular weight excluding hydrogens is 272 g/mol. The number of aromatic nitrogens is 1. The van der Waals surface area contributed by atoms with Crippen molar-refractivity contribution in [2.24, 2.45) is 0 Å². The second-order valence-electron chi connectivity index (χ2n) is 4.66. The third-order valence-corrected chi connectivity index (χ3v) is 4.61. The van der Waals surface area contributed by atoms with Gasteiger partial charge in [-0.25, -0.2) is 4.98 Å². The molecule has 0 saturated heterocycles. The first kappa shape index (κ1) is 14.6. The summed E-state index contributed by atoms with van der Waals surface area (Å²) >= 11 is 3.68. The van der Waals surface area contributed by atoms with E-state index >= 15 is 0 Å². The highest BCUT2D eigenvalue weighted by molar-refractivity contribution is 7.99. The van der Waals surface area contributed by atoms with E-state index in [1.165, 1.54) is 15.3 Å². The van der Waals surface area contributed by atoms with E-state index in [-0.39, 0.29) is 0 Å². The van der Waals surface area contributed by atoms with Crippen molar-refractivity contribution >= 4 is 23.1 Å². The zero-order valence-corrected chi connectivity index (χ0v) is 13.3. The summed E-state index contributed by atoms with van der Waals surface area (Å²) in [6.07, 6.45) is 0. The van der Waals surface area contributed by atoms with Crippen LogP contribution in [0.25, 0.3) is 0 Å². The van der Waals surface area contributed by atoms with Crippen molar-refractivity contribution in [2.45, 2.75) is 32.3 Å². The molecule has 0 fully saturated rings. The summed E-state index contributed by atoms with van der Waals surface area (Å²) in [5.41, 5.74) is 2.39. The molecule has 0 spiro atoms. The number of thioether (sulfide) groups is 1. The molecule has 0 atom stereocenters. The lowest BCUT2D eigenvalue weighted by atomic mass is 10.3. The van der Waals surface area contributed by atoms with Gasteiger partial charge in [0.05, 0.1) is 5.03 Å². The molecule has 2 nitrogen and oxygen atoms in total. The number of nitrogens with zero attached hydrogens (tertiary/aromatic N) is 1. The second kappa shape index (κ2) is 7.08. The van der Waals surface area contributed by atoms with Gasteiger partial charge in [-0.05, 0) is 50.6 Å². The minimum atomic E-state index is 0.972. The van der Waals surface area contributed by atoms with Crippen LogP contribution in [-0.4, -0.2) is 17.3 Å². The summed E-state index contributed by atoms with van der Waals surface area (Å²) in [7, 11) is 0. The monoisotopic (exact) mass is 292 g/mol. The van der Waals surface area contributed by atoms with E-state index < -0.39 is 0 Å². The number of pyridine rings is 1. The Morgan fingerprint density at radius 1 is 1.21 bits per heavy atom. The van der Waals surface area contributed by atoms with Crippen LogP contribution in [-0.2, 0) is 6.54 Å². The molecule has 0 bridgehead atoms. The van der Waals surface area contributed by atoms with Gasteiger partial charge in [0.1, 0.15) is 0 Å². The molecule has 1 N–H and O–H groups in total. The Morgan fingerprint density at radius 3 is 2.74 bits per heavy atom. The average Bonchev–Trinajstić information content (AvgIpc) is 2.73. The zero-order valence-electron chi connectivity index (χ0n) is 11.7. The van der Waals surface area contributed by atoms with E-state index in [0.717, 1.165) is 29.6 Å². The van der Waals surface area contributed by atoms with E-state index in [0.29, 0.717) is 0 Å². The Bertz CT molecular complexity index is 514. The summed E-state index contributed by atoms with van der Waals surface area (Å²) in [5, 5.41) is 4.61. The van der Waals surface area contributed by atoms with E-state index in [2.05, 4.69) is 55.3 Å². The van der Waals surface area contributed by atoms with Gasteiger partial charge in [0.2, 0.25) is 0 Å². The topological polar surface area (TPSA) is 24.9 Å². The van der Waals surface area contributed by atoms with Crippen LogP contribution in [0, 0.1) is 20.8 Å². The Morgan fingerprint density at radius 2 is 2.05 bits per heavy atom. The van der Waals surface area contributed by atoms with Crippen LogP contribution in [0.1, 0.15) is 21.0 Å². The molecule has 2 aromatic rings. The van der Waals surface area contributed by atoms with Crippen LogP contribution in [0.2, 0.25) is 0 Å². The smallest absolute Gasteiger partial charge is 0.0966 e. The van der Waals surface area contributed by atoms with Crippen LogP contribution in [0.5, 0.6) is 0 Å². The highest BCUT2D eigenvalue weighted by atomic mass is 32.2. The van der Waals surface area contributed by atoms with Gasteiger partial charge in [-0.1, -0.05) is 0 Å². The Kier molecular flexibility index (Phi) is 5.43. The van der Waals surface area contributed by atoms with E-state index in [4.69, 9.17) is 0 Å².